The molecule has 0 radical (unpaired) electrons. The number of amides is 1. The van der Waals surface area contributed by atoms with E-state index >= 15 is 0 Å². The molecule has 0 bridgehead atoms. The summed E-state index contributed by atoms with van der Waals surface area (Å²) in [4.78, 5) is 12.7. The Kier molecular flexibility index (Phi) is 5.15. The molecule has 1 heterocycles. The van der Waals surface area contributed by atoms with Crippen LogP contribution >= 0.6 is 0 Å². The van der Waals surface area contributed by atoms with Crippen molar-refractivity contribution in [1.29, 1.82) is 0 Å². The average molecular weight is 369 g/mol. The molecule has 1 N–H and O–H groups in total. The van der Waals surface area contributed by atoms with E-state index in [4.69, 9.17) is 4.74 Å². The first-order valence-electron chi connectivity index (χ1n) is 8.97. The first-order valence-corrected chi connectivity index (χ1v) is 8.97. The maximum Gasteiger partial charge on any atom is 0.255 e. The zero-order valence-electron chi connectivity index (χ0n) is 15.2. The molecule has 0 aliphatic heterocycles. The van der Waals surface area contributed by atoms with Crippen LogP contribution in [0, 0.1) is 0 Å². The first-order chi connectivity index (χ1) is 13.8. The molecule has 0 atom stereocenters. The van der Waals surface area contributed by atoms with Crippen molar-refractivity contribution in [2.75, 3.05) is 5.32 Å². The Hall–Kier alpha value is -3.86. The second-order valence-electron chi connectivity index (χ2n) is 6.27. The smallest absolute Gasteiger partial charge is 0.255 e. The standard InChI is InChI=1S/C23H19N3O2/c27-23(19-13-11-18(12-14-19)17-26-16-6-15-24-26)25-21-9-4-5-10-22(21)28-20-7-2-1-3-8-20/h1-16H,17H2,(H,25,27). The van der Waals surface area contributed by atoms with Crippen molar-refractivity contribution >= 4 is 11.6 Å². The predicted octanol–water partition coefficient (Wildman–Crippen LogP) is 4.98. The molecule has 5 nitrogen and oxygen atoms in total. The second kappa shape index (κ2) is 8.22. The van der Waals surface area contributed by atoms with Crippen molar-refractivity contribution < 1.29 is 9.53 Å². The number of nitrogens with one attached hydrogen (secondary N) is 1. The van der Waals surface area contributed by atoms with E-state index in [9.17, 15) is 4.79 Å². The minimum atomic E-state index is -0.185. The fraction of sp³-hybridized carbons (Fsp3) is 0.0435. The average Bonchev–Trinajstić information content (AvgIpc) is 3.24. The van der Waals surface area contributed by atoms with Gasteiger partial charge in [0, 0.05) is 18.0 Å². The molecular formula is C23H19N3O2. The molecule has 0 saturated carbocycles. The van der Waals surface area contributed by atoms with Gasteiger partial charge >= 0.3 is 0 Å². The number of carbonyl (C=O) groups is 1. The second-order valence-corrected chi connectivity index (χ2v) is 6.27. The number of anilines is 1. The highest BCUT2D eigenvalue weighted by Gasteiger charge is 2.10. The third kappa shape index (κ3) is 4.27. The number of hydrogen-bond acceptors (Lipinski definition) is 3. The summed E-state index contributed by atoms with van der Waals surface area (Å²) in [5.74, 6) is 1.12. The highest BCUT2D eigenvalue weighted by atomic mass is 16.5. The van der Waals surface area contributed by atoms with Crippen LogP contribution in [0.3, 0.4) is 0 Å². The first kappa shape index (κ1) is 17.5. The van der Waals surface area contributed by atoms with Gasteiger partial charge in [0.25, 0.3) is 5.91 Å². The molecule has 1 amide bonds. The highest BCUT2D eigenvalue weighted by Crippen LogP contribution is 2.29. The lowest BCUT2D eigenvalue weighted by Crippen LogP contribution is -2.12. The summed E-state index contributed by atoms with van der Waals surface area (Å²) in [5, 5.41) is 7.12. The predicted molar refractivity (Wildman–Crippen MR) is 109 cm³/mol. The Morgan fingerprint density at radius 1 is 0.893 bits per heavy atom. The number of aromatic nitrogens is 2. The van der Waals surface area contributed by atoms with Crippen molar-refractivity contribution in [1.82, 2.24) is 9.78 Å². The number of benzene rings is 3. The summed E-state index contributed by atoms with van der Waals surface area (Å²) < 4.78 is 7.74. The van der Waals surface area contributed by atoms with Crippen LogP contribution in [0.2, 0.25) is 0 Å². The van der Waals surface area contributed by atoms with Crippen LogP contribution in [0.4, 0.5) is 5.69 Å². The van der Waals surface area contributed by atoms with Crippen LogP contribution in [-0.4, -0.2) is 15.7 Å². The van der Waals surface area contributed by atoms with E-state index in [0.717, 1.165) is 5.56 Å². The van der Waals surface area contributed by atoms with E-state index in [2.05, 4.69) is 10.4 Å². The number of para-hydroxylation sites is 3. The largest absolute Gasteiger partial charge is 0.455 e. The maximum absolute atomic E-state index is 12.7. The molecule has 0 aliphatic carbocycles. The quantitative estimate of drug-likeness (QED) is 0.522. The van der Waals surface area contributed by atoms with Crippen molar-refractivity contribution in [2.45, 2.75) is 6.54 Å². The summed E-state index contributed by atoms with van der Waals surface area (Å²) in [6, 6.07) is 26.2. The van der Waals surface area contributed by atoms with Crippen LogP contribution in [0.1, 0.15) is 15.9 Å². The zero-order chi connectivity index (χ0) is 19.2. The van der Waals surface area contributed by atoms with E-state index in [-0.39, 0.29) is 5.91 Å². The Morgan fingerprint density at radius 3 is 2.39 bits per heavy atom. The third-order valence-electron chi connectivity index (χ3n) is 4.23. The van der Waals surface area contributed by atoms with Gasteiger partial charge in [-0.05, 0) is 48.0 Å². The SMILES string of the molecule is O=C(Nc1ccccc1Oc1ccccc1)c1ccc(Cn2cccn2)cc1. The number of ether oxygens (including phenoxy) is 1. The van der Waals surface area contributed by atoms with Gasteiger partial charge in [0.15, 0.2) is 5.75 Å². The molecule has 138 valence electrons. The van der Waals surface area contributed by atoms with Crippen molar-refractivity contribution in [3.8, 4) is 11.5 Å². The lowest BCUT2D eigenvalue weighted by molar-refractivity contribution is 0.102. The van der Waals surface area contributed by atoms with E-state index in [1.165, 1.54) is 0 Å². The molecular weight excluding hydrogens is 350 g/mol. The molecule has 4 aromatic rings. The Labute approximate surface area is 163 Å². The monoisotopic (exact) mass is 369 g/mol. The van der Waals surface area contributed by atoms with Crippen LogP contribution in [0.5, 0.6) is 11.5 Å². The van der Waals surface area contributed by atoms with Gasteiger partial charge in [0.05, 0.1) is 12.2 Å². The number of nitrogens with zero attached hydrogens (tertiary/aromatic N) is 2. The van der Waals surface area contributed by atoms with E-state index < -0.39 is 0 Å². The summed E-state index contributed by atoms with van der Waals surface area (Å²) in [6.07, 6.45) is 3.65. The van der Waals surface area contributed by atoms with Gasteiger partial charge in [-0.3, -0.25) is 9.48 Å². The van der Waals surface area contributed by atoms with Gasteiger partial charge in [0.1, 0.15) is 5.75 Å². The molecule has 0 spiro atoms. The number of hydrogen-bond donors (Lipinski definition) is 1. The maximum atomic E-state index is 12.7. The van der Waals surface area contributed by atoms with Gasteiger partial charge in [-0.25, -0.2) is 0 Å². The lowest BCUT2D eigenvalue weighted by atomic mass is 10.1. The number of rotatable bonds is 6. The molecule has 3 aromatic carbocycles. The minimum absolute atomic E-state index is 0.185. The fourth-order valence-corrected chi connectivity index (χ4v) is 2.81. The van der Waals surface area contributed by atoms with Crippen molar-refractivity contribution in [2.24, 2.45) is 0 Å². The van der Waals surface area contributed by atoms with Gasteiger partial charge in [-0.1, -0.05) is 42.5 Å². The Bertz CT molecular complexity index is 1040. The van der Waals surface area contributed by atoms with Gasteiger partial charge in [-0.15, -0.1) is 0 Å². The Balaban J connectivity index is 1.46. The summed E-state index contributed by atoms with van der Waals surface area (Å²) >= 11 is 0. The normalized spacial score (nSPS) is 10.4. The molecule has 0 fully saturated rings. The highest BCUT2D eigenvalue weighted by molar-refractivity contribution is 6.05. The van der Waals surface area contributed by atoms with E-state index in [1.54, 1.807) is 6.20 Å². The minimum Gasteiger partial charge on any atom is -0.455 e. The van der Waals surface area contributed by atoms with Crippen molar-refractivity contribution in [3.05, 3.63) is 108 Å². The molecule has 0 unspecified atom stereocenters. The Morgan fingerprint density at radius 2 is 1.64 bits per heavy atom. The molecule has 0 saturated heterocycles. The van der Waals surface area contributed by atoms with Crippen LogP contribution in [-0.2, 0) is 6.54 Å². The van der Waals surface area contributed by atoms with E-state index in [1.807, 2.05) is 95.8 Å². The fourth-order valence-electron chi connectivity index (χ4n) is 2.81. The summed E-state index contributed by atoms with van der Waals surface area (Å²) in [5.41, 5.74) is 2.28. The number of carbonyl (C=O) groups excluding carboxylic acids is 1. The summed E-state index contributed by atoms with van der Waals surface area (Å²) in [7, 11) is 0. The lowest BCUT2D eigenvalue weighted by Gasteiger charge is -2.12. The zero-order valence-corrected chi connectivity index (χ0v) is 15.2. The van der Waals surface area contributed by atoms with Gasteiger partial charge in [0.2, 0.25) is 0 Å². The van der Waals surface area contributed by atoms with Crippen LogP contribution in [0.15, 0.2) is 97.3 Å². The molecule has 28 heavy (non-hydrogen) atoms. The summed E-state index contributed by atoms with van der Waals surface area (Å²) in [6.45, 7) is 0.669. The van der Waals surface area contributed by atoms with E-state index in [0.29, 0.717) is 29.3 Å². The van der Waals surface area contributed by atoms with Crippen LogP contribution in [0.25, 0.3) is 0 Å². The molecule has 1 aromatic heterocycles. The van der Waals surface area contributed by atoms with Gasteiger partial charge < -0.3 is 10.1 Å². The topological polar surface area (TPSA) is 56.1 Å². The molecule has 5 heteroatoms. The molecule has 0 aliphatic rings. The third-order valence-corrected chi connectivity index (χ3v) is 4.23. The van der Waals surface area contributed by atoms with Crippen LogP contribution < -0.4 is 10.1 Å². The van der Waals surface area contributed by atoms with Gasteiger partial charge in [-0.2, -0.15) is 5.10 Å². The van der Waals surface area contributed by atoms with Crippen molar-refractivity contribution in [3.63, 3.8) is 0 Å². The molecule has 4 rings (SSSR count).